The van der Waals surface area contributed by atoms with Crippen LogP contribution in [0.15, 0.2) is 17.5 Å². The van der Waals surface area contributed by atoms with E-state index in [-0.39, 0.29) is 11.7 Å². The van der Waals surface area contributed by atoms with Crippen molar-refractivity contribution in [2.45, 2.75) is 19.9 Å². The zero-order chi connectivity index (χ0) is 14.7. The fourth-order valence-corrected chi connectivity index (χ4v) is 3.28. The third kappa shape index (κ3) is 3.48. The third-order valence-electron chi connectivity index (χ3n) is 3.62. The zero-order valence-electron chi connectivity index (χ0n) is 12.1. The topological polar surface area (TPSA) is 65.1 Å². The van der Waals surface area contributed by atoms with E-state index in [0.29, 0.717) is 5.82 Å². The quantitative estimate of drug-likeness (QED) is 0.934. The van der Waals surface area contributed by atoms with Crippen LogP contribution in [0, 0.1) is 6.92 Å². The third-order valence-corrected chi connectivity index (χ3v) is 4.48. The first-order valence-electron chi connectivity index (χ1n) is 7.15. The summed E-state index contributed by atoms with van der Waals surface area (Å²) in [4.78, 5) is 22.1. The van der Waals surface area contributed by atoms with Crippen molar-refractivity contribution >= 4 is 17.2 Å². The van der Waals surface area contributed by atoms with Crippen LogP contribution in [0.25, 0.3) is 0 Å². The molecule has 0 unspecified atom stereocenters. The summed E-state index contributed by atoms with van der Waals surface area (Å²) >= 11 is 1.78. The molecule has 1 fully saturated rings. The lowest BCUT2D eigenvalue weighted by Crippen LogP contribution is -2.35. The highest BCUT2D eigenvalue weighted by atomic mass is 32.1. The minimum atomic E-state index is -0.0719. The highest BCUT2D eigenvalue weighted by molar-refractivity contribution is 7.09. The van der Waals surface area contributed by atoms with Gasteiger partial charge in [-0.2, -0.15) is 0 Å². The molecule has 0 spiro atoms. The molecule has 1 aliphatic rings. The average molecular weight is 305 g/mol. The highest BCUT2D eigenvalue weighted by Gasteiger charge is 2.23. The van der Waals surface area contributed by atoms with E-state index >= 15 is 0 Å². The number of aromatic amines is 1. The van der Waals surface area contributed by atoms with Crippen molar-refractivity contribution < 1.29 is 4.79 Å². The van der Waals surface area contributed by atoms with Gasteiger partial charge >= 0.3 is 0 Å². The van der Waals surface area contributed by atoms with Crippen molar-refractivity contribution in [3.63, 3.8) is 0 Å². The number of aryl methyl sites for hydroxylation is 1. The molecule has 3 rings (SSSR count). The van der Waals surface area contributed by atoms with E-state index in [1.807, 2.05) is 4.90 Å². The SMILES string of the molecule is Cc1nc(C(=O)N2CCCN(Cc3cccs3)CC2)n[nH]1. The van der Waals surface area contributed by atoms with E-state index in [0.717, 1.165) is 39.1 Å². The molecule has 3 heterocycles. The summed E-state index contributed by atoms with van der Waals surface area (Å²) in [5.41, 5.74) is 0. The lowest BCUT2D eigenvalue weighted by atomic mass is 10.3. The van der Waals surface area contributed by atoms with Crippen LogP contribution in [0.4, 0.5) is 0 Å². The van der Waals surface area contributed by atoms with Crippen LogP contribution in [0.2, 0.25) is 0 Å². The van der Waals surface area contributed by atoms with Crippen molar-refractivity contribution in [2.75, 3.05) is 26.2 Å². The van der Waals surface area contributed by atoms with Crippen LogP contribution in [0.1, 0.15) is 27.7 Å². The number of aromatic nitrogens is 3. The van der Waals surface area contributed by atoms with E-state index < -0.39 is 0 Å². The zero-order valence-corrected chi connectivity index (χ0v) is 12.9. The molecule has 112 valence electrons. The van der Waals surface area contributed by atoms with Crippen LogP contribution in [0.3, 0.4) is 0 Å². The Bertz CT molecular complexity index is 594. The molecule has 0 bridgehead atoms. The maximum atomic E-state index is 12.4. The predicted molar refractivity (Wildman–Crippen MR) is 81.2 cm³/mol. The molecular formula is C14H19N5OS. The first-order chi connectivity index (χ1) is 10.2. The number of carbonyl (C=O) groups excluding carboxylic acids is 1. The Morgan fingerprint density at radius 1 is 1.38 bits per heavy atom. The molecule has 0 saturated carbocycles. The van der Waals surface area contributed by atoms with Crippen molar-refractivity contribution in [3.8, 4) is 0 Å². The van der Waals surface area contributed by atoms with Crippen LogP contribution in [-0.4, -0.2) is 57.1 Å². The van der Waals surface area contributed by atoms with Crippen molar-refractivity contribution in [2.24, 2.45) is 0 Å². The van der Waals surface area contributed by atoms with Crippen molar-refractivity contribution in [1.29, 1.82) is 0 Å². The van der Waals surface area contributed by atoms with Crippen LogP contribution in [-0.2, 0) is 6.54 Å². The van der Waals surface area contributed by atoms with Gasteiger partial charge in [-0.3, -0.25) is 14.8 Å². The molecule has 0 aromatic carbocycles. The van der Waals surface area contributed by atoms with Gasteiger partial charge < -0.3 is 4.90 Å². The lowest BCUT2D eigenvalue weighted by molar-refractivity contribution is 0.0749. The summed E-state index contributed by atoms with van der Waals surface area (Å²) < 4.78 is 0. The number of carbonyl (C=O) groups is 1. The number of hydrogen-bond acceptors (Lipinski definition) is 5. The molecule has 21 heavy (non-hydrogen) atoms. The minimum absolute atomic E-state index is 0.0719. The van der Waals surface area contributed by atoms with Gasteiger partial charge in [0.15, 0.2) is 0 Å². The monoisotopic (exact) mass is 305 g/mol. The van der Waals surface area contributed by atoms with Gasteiger partial charge in [0, 0.05) is 37.6 Å². The summed E-state index contributed by atoms with van der Waals surface area (Å²) in [6, 6.07) is 4.24. The predicted octanol–water partition coefficient (Wildman–Crippen LogP) is 1.52. The maximum Gasteiger partial charge on any atom is 0.293 e. The van der Waals surface area contributed by atoms with Gasteiger partial charge in [0.05, 0.1) is 0 Å². The molecule has 0 atom stereocenters. The molecule has 0 aliphatic carbocycles. The molecule has 1 N–H and O–H groups in total. The Morgan fingerprint density at radius 3 is 3.00 bits per heavy atom. The number of thiophene rings is 1. The molecule has 2 aromatic heterocycles. The summed E-state index contributed by atoms with van der Waals surface area (Å²) in [7, 11) is 0. The summed E-state index contributed by atoms with van der Waals surface area (Å²) in [6.07, 6.45) is 0.987. The second-order valence-electron chi connectivity index (χ2n) is 5.25. The van der Waals surface area contributed by atoms with E-state index in [1.165, 1.54) is 4.88 Å². The maximum absolute atomic E-state index is 12.4. The number of H-pyrrole nitrogens is 1. The fraction of sp³-hybridized carbons (Fsp3) is 0.500. The summed E-state index contributed by atoms with van der Waals surface area (Å²) in [5, 5.41) is 8.79. The van der Waals surface area contributed by atoms with Gasteiger partial charge in [-0.25, -0.2) is 4.98 Å². The van der Waals surface area contributed by atoms with Crippen molar-refractivity contribution in [3.05, 3.63) is 34.0 Å². The summed E-state index contributed by atoms with van der Waals surface area (Å²) in [6.45, 7) is 6.20. The number of nitrogens with one attached hydrogen (secondary N) is 1. The Hall–Kier alpha value is -1.73. The van der Waals surface area contributed by atoms with Gasteiger partial charge in [-0.15, -0.1) is 16.4 Å². The van der Waals surface area contributed by atoms with Crippen LogP contribution < -0.4 is 0 Å². The highest BCUT2D eigenvalue weighted by Crippen LogP contribution is 2.14. The van der Waals surface area contributed by atoms with E-state index in [9.17, 15) is 4.79 Å². The van der Waals surface area contributed by atoms with E-state index in [4.69, 9.17) is 0 Å². The van der Waals surface area contributed by atoms with Gasteiger partial charge in [0.1, 0.15) is 5.82 Å². The first-order valence-corrected chi connectivity index (χ1v) is 8.03. The van der Waals surface area contributed by atoms with Crippen molar-refractivity contribution in [1.82, 2.24) is 25.0 Å². The fourth-order valence-electron chi connectivity index (χ4n) is 2.53. The molecule has 0 radical (unpaired) electrons. The second kappa shape index (κ2) is 6.36. The lowest BCUT2D eigenvalue weighted by Gasteiger charge is -2.20. The normalized spacial score (nSPS) is 16.9. The molecule has 1 saturated heterocycles. The minimum Gasteiger partial charge on any atom is -0.335 e. The van der Waals surface area contributed by atoms with Crippen LogP contribution in [0.5, 0.6) is 0 Å². The molecule has 1 aliphatic heterocycles. The first kappa shape index (κ1) is 14.2. The largest absolute Gasteiger partial charge is 0.335 e. The Labute approximate surface area is 127 Å². The molecule has 6 nitrogen and oxygen atoms in total. The average Bonchev–Trinajstić information content (AvgIpc) is 3.07. The molecular weight excluding hydrogens is 286 g/mol. The molecule has 1 amide bonds. The van der Waals surface area contributed by atoms with Gasteiger partial charge in [-0.1, -0.05) is 6.07 Å². The number of rotatable bonds is 3. The smallest absolute Gasteiger partial charge is 0.293 e. The van der Waals surface area contributed by atoms with Crippen LogP contribution >= 0.6 is 11.3 Å². The van der Waals surface area contributed by atoms with Gasteiger partial charge in [-0.05, 0) is 24.8 Å². The molecule has 2 aromatic rings. The Balaban J connectivity index is 1.59. The summed E-state index contributed by atoms with van der Waals surface area (Å²) in [5.74, 6) is 0.879. The number of hydrogen-bond donors (Lipinski definition) is 1. The standard InChI is InChI=1S/C14H19N5OS/c1-11-15-13(17-16-11)14(20)19-6-3-5-18(7-8-19)10-12-4-2-9-21-12/h2,4,9H,3,5-8,10H2,1H3,(H,15,16,17). The van der Waals surface area contributed by atoms with E-state index in [1.54, 1.807) is 18.3 Å². The molecule has 7 heteroatoms. The Morgan fingerprint density at radius 2 is 2.29 bits per heavy atom. The second-order valence-corrected chi connectivity index (χ2v) is 6.28. The van der Waals surface area contributed by atoms with Gasteiger partial charge in [0.25, 0.3) is 5.91 Å². The number of nitrogens with zero attached hydrogens (tertiary/aromatic N) is 4. The Kier molecular flexibility index (Phi) is 4.31. The van der Waals surface area contributed by atoms with Gasteiger partial charge in [0.2, 0.25) is 5.82 Å². The van der Waals surface area contributed by atoms with E-state index in [2.05, 4.69) is 37.6 Å². The number of amides is 1.